The van der Waals surface area contributed by atoms with Gasteiger partial charge >= 0.3 is 0 Å². The zero-order chi connectivity index (χ0) is 14.7. The summed E-state index contributed by atoms with van der Waals surface area (Å²) in [5.74, 6) is 0.231. The smallest absolute Gasteiger partial charge is 0.229 e. The zero-order valence-corrected chi connectivity index (χ0v) is 12.2. The van der Waals surface area contributed by atoms with E-state index in [-0.39, 0.29) is 17.9 Å². The van der Waals surface area contributed by atoms with Crippen LogP contribution in [0.1, 0.15) is 12.0 Å². The molecule has 0 saturated carbocycles. The van der Waals surface area contributed by atoms with Crippen molar-refractivity contribution in [1.29, 1.82) is 0 Å². The van der Waals surface area contributed by atoms with Crippen LogP contribution in [0.15, 0.2) is 36.7 Å². The minimum absolute atomic E-state index is 0.00764. The van der Waals surface area contributed by atoms with Crippen LogP contribution < -0.4 is 5.73 Å². The topological polar surface area (TPSA) is 62.5 Å². The van der Waals surface area contributed by atoms with E-state index in [1.807, 2.05) is 41.6 Å². The van der Waals surface area contributed by atoms with Crippen LogP contribution in [-0.4, -0.2) is 52.9 Å². The van der Waals surface area contributed by atoms with E-state index in [0.717, 1.165) is 39.1 Å². The minimum Gasteiger partial charge on any atom is -0.340 e. The summed E-state index contributed by atoms with van der Waals surface area (Å²) in [7, 11) is 0. The zero-order valence-electron chi connectivity index (χ0n) is 12.2. The predicted molar refractivity (Wildman–Crippen MR) is 81.3 cm³/mol. The van der Waals surface area contributed by atoms with Gasteiger partial charge in [0.05, 0.1) is 5.92 Å². The van der Waals surface area contributed by atoms with Crippen molar-refractivity contribution in [3.63, 3.8) is 0 Å². The Morgan fingerprint density at radius 2 is 1.90 bits per heavy atom. The average Bonchev–Trinajstić information content (AvgIpc) is 2.95. The average molecular weight is 286 g/mol. The summed E-state index contributed by atoms with van der Waals surface area (Å²) in [5.41, 5.74) is 7.10. The number of aromatic nitrogens is 1. The van der Waals surface area contributed by atoms with Crippen molar-refractivity contribution in [2.45, 2.75) is 19.0 Å². The first-order valence-electron chi connectivity index (χ1n) is 7.56. The number of amides is 1. The van der Waals surface area contributed by atoms with Gasteiger partial charge in [-0.3, -0.25) is 14.7 Å². The molecule has 21 heavy (non-hydrogen) atoms. The normalized spacial score (nSPS) is 26.2. The highest BCUT2D eigenvalue weighted by Gasteiger charge is 2.29. The molecule has 2 heterocycles. The molecule has 0 radical (unpaired) electrons. The lowest BCUT2D eigenvalue weighted by atomic mass is 10.1. The molecule has 1 aromatic heterocycles. The molecule has 1 fully saturated rings. The van der Waals surface area contributed by atoms with Crippen LogP contribution in [0.4, 0.5) is 0 Å². The maximum absolute atomic E-state index is 12.4. The second-order valence-electron chi connectivity index (χ2n) is 5.85. The van der Waals surface area contributed by atoms with Gasteiger partial charge in [-0.2, -0.15) is 0 Å². The first-order valence-corrected chi connectivity index (χ1v) is 7.56. The summed E-state index contributed by atoms with van der Waals surface area (Å²) in [6, 6.07) is 4.14. The number of carbonyl (C=O) groups excluding carboxylic acids is 1. The standard InChI is InChI=1S/C16H22N4O/c17-15-2-1-14(11-15)16(21)20-9-7-19(8-10-20)12-13-3-5-18-6-4-13/h1-6,14-15H,7-12,17H2. The molecule has 1 saturated heterocycles. The summed E-state index contributed by atoms with van der Waals surface area (Å²) in [4.78, 5) is 20.8. The summed E-state index contributed by atoms with van der Waals surface area (Å²) >= 11 is 0. The second kappa shape index (κ2) is 6.37. The fourth-order valence-corrected chi connectivity index (χ4v) is 3.02. The molecule has 1 aromatic rings. The number of pyridine rings is 1. The van der Waals surface area contributed by atoms with Crippen molar-refractivity contribution in [1.82, 2.24) is 14.8 Å². The van der Waals surface area contributed by atoms with Gasteiger partial charge in [0.15, 0.2) is 0 Å². The summed E-state index contributed by atoms with van der Waals surface area (Å²) in [6.45, 7) is 4.40. The first kappa shape index (κ1) is 14.2. The molecule has 1 aliphatic heterocycles. The molecule has 5 nitrogen and oxygen atoms in total. The lowest BCUT2D eigenvalue weighted by Gasteiger charge is -2.35. The molecule has 5 heteroatoms. The highest BCUT2D eigenvalue weighted by atomic mass is 16.2. The fraction of sp³-hybridized carbons (Fsp3) is 0.500. The van der Waals surface area contributed by atoms with Crippen LogP contribution in [0.3, 0.4) is 0 Å². The maximum Gasteiger partial charge on any atom is 0.229 e. The Labute approximate surface area is 125 Å². The number of nitrogens with zero attached hydrogens (tertiary/aromatic N) is 3. The SMILES string of the molecule is NC1C=CC(C(=O)N2CCN(Cc3ccncc3)CC2)C1. The van der Waals surface area contributed by atoms with Gasteiger partial charge in [0, 0.05) is 51.2 Å². The van der Waals surface area contributed by atoms with Crippen molar-refractivity contribution < 1.29 is 4.79 Å². The van der Waals surface area contributed by atoms with Gasteiger partial charge in [0.1, 0.15) is 0 Å². The van der Waals surface area contributed by atoms with E-state index in [4.69, 9.17) is 5.73 Å². The Hall–Kier alpha value is -1.72. The maximum atomic E-state index is 12.4. The van der Waals surface area contributed by atoms with E-state index in [1.165, 1.54) is 5.56 Å². The van der Waals surface area contributed by atoms with E-state index in [9.17, 15) is 4.79 Å². The number of nitrogens with two attached hydrogens (primary N) is 1. The van der Waals surface area contributed by atoms with Gasteiger partial charge in [-0.25, -0.2) is 0 Å². The molecule has 0 bridgehead atoms. The van der Waals surface area contributed by atoms with Crippen molar-refractivity contribution in [3.05, 3.63) is 42.2 Å². The van der Waals surface area contributed by atoms with Gasteiger partial charge in [-0.1, -0.05) is 12.2 Å². The third-order valence-electron chi connectivity index (χ3n) is 4.27. The molecule has 3 rings (SSSR count). The largest absolute Gasteiger partial charge is 0.340 e. The van der Waals surface area contributed by atoms with Gasteiger partial charge in [0.25, 0.3) is 0 Å². The number of rotatable bonds is 3. The first-order chi connectivity index (χ1) is 10.2. The van der Waals surface area contributed by atoms with Crippen molar-refractivity contribution >= 4 is 5.91 Å². The van der Waals surface area contributed by atoms with E-state index in [2.05, 4.69) is 9.88 Å². The van der Waals surface area contributed by atoms with E-state index in [1.54, 1.807) is 0 Å². The van der Waals surface area contributed by atoms with E-state index < -0.39 is 0 Å². The Kier molecular flexibility index (Phi) is 4.31. The van der Waals surface area contributed by atoms with Gasteiger partial charge in [0.2, 0.25) is 5.91 Å². The van der Waals surface area contributed by atoms with Crippen molar-refractivity contribution in [2.24, 2.45) is 11.7 Å². The quantitative estimate of drug-likeness (QED) is 0.828. The van der Waals surface area contributed by atoms with E-state index in [0.29, 0.717) is 0 Å². The molecule has 1 amide bonds. The lowest BCUT2D eigenvalue weighted by molar-refractivity contribution is -0.135. The Morgan fingerprint density at radius 3 is 2.52 bits per heavy atom. The Morgan fingerprint density at radius 1 is 1.19 bits per heavy atom. The highest BCUT2D eigenvalue weighted by Crippen LogP contribution is 2.20. The molecule has 2 N–H and O–H groups in total. The molecule has 2 aliphatic rings. The van der Waals surface area contributed by atoms with Crippen LogP contribution >= 0.6 is 0 Å². The molecular weight excluding hydrogens is 264 g/mol. The Bertz CT molecular complexity index is 508. The second-order valence-corrected chi connectivity index (χ2v) is 5.85. The van der Waals surface area contributed by atoms with Gasteiger partial charge in [-0.15, -0.1) is 0 Å². The van der Waals surface area contributed by atoms with Crippen LogP contribution in [0.25, 0.3) is 0 Å². The van der Waals surface area contributed by atoms with Crippen LogP contribution in [0.2, 0.25) is 0 Å². The van der Waals surface area contributed by atoms with Crippen LogP contribution in [0, 0.1) is 5.92 Å². The van der Waals surface area contributed by atoms with E-state index >= 15 is 0 Å². The number of piperazine rings is 1. The summed E-state index contributed by atoms with van der Waals surface area (Å²) < 4.78 is 0. The molecule has 1 aliphatic carbocycles. The molecule has 0 aromatic carbocycles. The predicted octanol–water partition coefficient (Wildman–Crippen LogP) is 0.629. The summed E-state index contributed by atoms with van der Waals surface area (Å²) in [5, 5.41) is 0. The number of hydrogen-bond acceptors (Lipinski definition) is 4. The monoisotopic (exact) mass is 286 g/mol. The molecule has 112 valence electrons. The molecule has 2 atom stereocenters. The third-order valence-corrected chi connectivity index (χ3v) is 4.27. The summed E-state index contributed by atoms with van der Waals surface area (Å²) in [6.07, 6.45) is 8.32. The van der Waals surface area contributed by atoms with Gasteiger partial charge < -0.3 is 10.6 Å². The van der Waals surface area contributed by atoms with Crippen molar-refractivity contribution in [2.75, 3.05) is 26.2 Å². The molecule has 0 spiro atoms. The Balaban J connectivity index is 1.49. The highest BCUT2D eigenvalue weighted by molar-refractivity contribution is 5.81. The minimum atomic E-state index is -0.00764. The number of hydrogen-bond donors (Lipinski definition) is 1. The molecular formula is C16H22N4O. The third kappa shape index (κ3) is 3.49. The lowest BCUT2D eigenvalue weighted by Crippen LogP contribution is -2.49. The van der Waals surface area contributed by atoms with Gasteiger partial charge in [-0.05, 0) is 24.1 Å². The van der Waals surface area contributed by atoms with Crippen LogP contribution in [0.5, 0.6) is 0 Å². The number of carbonyl (C=O) groups is 1. The fourth-order valence-electron chi connectivity index (χ4n) is 3.02. The molecule has 2 unspecified atom stereocenters. The van der Waals surface area contributed by atoms with Crippen LogP contribution in [-0.2, 0) is 11.3 Å². The van der Waals surface area contributed by atoms with Crippen molar-refractivity contribution in [3.8, 4) is 0 Å².